The first-order valence-electron chi connectivity index (χ1n) is 5.52. The molecular weight excluding hydrogens is 230 g/mol. The van der Waals surface area contributed by atoms with Crippen molar-refractivity contribution in [2.75, 3.05) is 46.4 Å². The van der Waals surface area contributed by atoms with E-state index in [0.717, 1.165) is 6.54 Å². The minimum Gasteiger partial charge on any atom is -0.383 e. The van der Waals surface area contributed by atoms with Gasteiger partial charge in [0.05, 0.1) is 6.61 Å². The molecule has 0 amide bonds. The number of nitrogens with zero attached hydrogens (tertiary/aromatic N) is 1. The van der Waals surface area contributed by atoms with E-state index < -0.39 is 10.2 Å². The molecule has 0 fully saturated rings. The minimum atomic E-state index is -3.30. The van der Waals surface area contributed by atoms with E-state index in [2.05, 4.69) is 10.0 Å². The van der Waals surface area contributed by atoms with E-state index in [9.17, 15) is 8.42 Å². The first-order chi connectivity index (χ1) is 7.58. The Kier molecular flexibility index (Phi) is 8.77. The molecule has 0 unspecified atom stereocenters. The van der Waals surface area contributed by atoms with Crippen LogP contribution in [0.1, 0.15) is 13.8 Å². The van der Waals surface area contributed by atoms with Crippen LogP contribution in [0.15, 0.2) is 0 Å². The van der Waals surface area contributed by atoms with Crippen molar-refractivity contribution in [1.82, 2.24) is 14.3 Å². The molecule has 0 spiro atoms. The molecule has 0 saturated carbocycles. The normalized spacial score (nSPS) is 12.2. The van der Waals surface area contributed by atoms with Gasteiger partial charge in [-0.05, 0) is 0 Å². The fourth-order valence-electron chi connectivity index (χ4n) is 1.22. The summed E-state index contributed by atoms with van der Waals surface area (Å²) >= 11 is 0. The third kappa shape index (κ3) is 6.39. The summed E-state index contributed by atoms with van der Waals surface area (Å²) < 4.78 is 32.1. The summed E-state index contributed by atoms with van der Waals surface area (Å²) in [7, 11) is -1.67. The summed E-state index contributed by atoms with van der Waals surface area (Å²) in [6, 6.07) is 0. The Morgan fingerprint density at radius 1 is 1.12 bits per heavy atom. The predicted molar refractivity (Wildman–Crippen MR) is 64.6 cm³/mol. The molecular formula is C9H23N3O3S. The standard InChI is InChI=1S/C9H23N3O3S/c1-4-12(5-2)16(13,14)11-7-6-10-8-9-15-3/h10-11H,4-9H2,1-3H3. The minimum absolute atomic E-state index is 0.391. The van der Waals surface area contributed by atoms with Crippen LogP contribution in [0, 0.1) is 0 Å². The lowest BCUT2D eigenvalue weighted by molar-refractivity contribution is 0.199. The molecule has 7 heteroatoms. The summed E-state index contributed by atoms with van der Waals surface area (Å²) in [5, 5.41) is 3.06. The van der Waals surface area contributed by atoms with E-state index in [0.29, 0.717) is 32.8 Å². The molecule has 0 rings (SSSR count). The zero-order chi connectivity index (χ0) is 12.4. The maximum Gasteiger partial charge on any atom is 0.279 e. The lowest BCUT2D eigenvalue weighted by Crippen LogP contribution is -2.43. The van der Waals surface area contributed by atoms with Gasteiger partial charge in [-0.3, -0.25) is 0 Å². The Morgan fingerprint density at radius 2 is 1.75 bits per heavy atom. The fraction of sp³-hybridized carbons (Fsp3) is 1.00. The molecule has 0 aromatic rings. The Morgan fingerprint density at radius 3 is 2.25 bits per heavy atom. The van der Waals surface area contributed by atoms with Gasteiger partial charge in [-0.1, -0.05) is 13.8 Å². The number of rotatable bonds is 10. The molecule has 2 N–H and O–H groups in total. The number of ether oxygens (including phenoxy) is 1. The van der Waals surface area contributed by atoms with Gasteiger partial charge in [0.2, 0.25) is 0 Å². The molecule has 16 heavy (non-hydrogen) atoms. The Labute approximate surface area is 98.5 Å². The third-order valence-corrected chi connectivity index (χ3v) is 3.88. The molecule has 0 saturated heterocycles. The molecule has 0 bridgehead atoms. The van der Waals surface area contributed by atoms with Crippen molar-refractivity contribution in [3.05, 3.63) is 0 Å². The Bertz CT molecular complexity index is 253. The van der Waals surface area contributed by atoms with Crippen LogP contribution >= 0.6 is 0 Å². The zero-order valence-electron chi connectivity index (χ0n) is 10.3. The lowest BCUT2D eigenvalue weighted by atomic mass is 10.6. The number of hydrogen-bond donors (Lipinski definition) is 2. The van der Waals surface area contributed by atoms with E-state index >= 15 is 0 Å². The lowest BCUT2D eigenvalue weighted by Gasteiger charge is -2.18. The fourth-order valence-corrected chi connectivity index (χ4v) is 2.44. The van der Waals surface area contributed by atoms with E-state index in [1.807, 2.05) is 13.8 Å². The molecule has 0 aromatic heterocycles. The number of nitrogens with one attached hydrogen (secondary N) is 2. The molecule has 0 aromatic carbocycles. The van der Waals surface area contributed by atoms with Crippen LogP contribution in [0.2, 0.25) is 0 Å². The van der Waals surface area contributed by atoms with Gasteiger partial charge in [-0.15, -0.1) is 0 Å². The van der Waals surface area contributed by atoms with E-state index in [1.165, 1.54) is 4.31 Å². The second-order valence-corrected chi connectivity index (χ2v) is 4.98. The average molecular weight is 253 g/mol. The quantitative estimate of drug-likeness (QED) is 0.510. The Hall–Kier alpha value is -0.210. The van der Waals surface area contributed by atoms with Crippen LogP contribution in [-0.4, -0.2) is 59.2 Å². The number of hydrogen-bond acceptors (Lipinski definition) is 4. The van der Waals surface area contributed by atoms with Gasteiger partial charge in [0.25, 0.3) is 10.2 Å². The largest absolute Gasteiger partial charge is 0.383 e. The van der Waals surface area contributed by atoms with Crippen molar-refractivity contribution in [2.45, 2.75) is 13.8 Å². The first kappa shape index (κ1) is 15.8. The highest BCUT2D eigenvalue weighted by molar-refractivity contribution is 7.87. The number of methoxy groups -OCH3 is 1. The molecule has 98 valence electrons. The van der Waals surface area contributed by atoms with Crippen molar-refractivity contribution in [2.24, 2.45) is 0 Å². The third-order valence-electron chi connectivity index (χ3n) is 2.11. The molecule has 0 aliphatic rings. The van der Waals surface area contributed by atoms with Crippen LogP contribution in [0.25, 0.3) is 0 Å². The van der Waals surface area contributed by atoms with Gasteiger partial charge >= 0.3 is 0 Å². The zero-order valence-corrected chi connectivity index (χ0v) is 11.1. The van der Waals surface area contributed by atoms with Crippen molar-refractivity contribution in [3.8, 4) is 0 Å². The van der Waals surface area contributed by atoms with Gasteiger partial charge in [0.1, 0.15) is 0 Å². The van der Waals surface area contributed by atoms with Crippen LogP contribution < -0.4 is 10.0 Å². The highest BCUT2D eigenvalue weighted by Crippen LogP contribution is 1.95. The van der Waals surface area contributed by atoms with Gasteiger partial charge in [-0.25, -0.2) is 4.72 Å². The van der Waals surface area contributed by atoms with Crippen molar-refractivity contribution < 1.29 is 13.2 Å². The molecule has 6 nitrogen and oxygen atoms in total. The summed E-state index contributed by atoms with van der Waals surface area (Å²) in [5.74, 6) is 0. The maximum absolute atomic E-state index is 11.6. The predicted octanol–water partition coefficient (Wildman–Crippen LogP) is -0.601. The highest BCUT2D eigenvalue weighted by atomic mass is 32.2. The van der Waals surface area contributed by atoms with E-state index in [1.54, 1.807) is 7.11 Å². The van der Waals surface area contributed by atoms with Crippen molar-refractivity contribution in [3.63, 3.8) is 0 Å². The topological polar surface area (TPSA) is 70.7 Å². The van der Waals surface area contributed by atoms with Gasteiger partial charge in [0.15, 0.2) is 0 Å². The monoisotopic (exact) mass is 253 g/mol. The van der Waals surface area contributed by atoms with Gasteiger partial charge in [-0.2, -0.15) is 12.7 Å². The second kappa shape index (κ2) is 8.89. The molecule has 0 heterocycles. The van der Waals surface area contributed by atoms with E-state index in [4.69, 9.17) is 4.74 Å². The maximum atomic E-state index is 11.6. The van der Waals surface area contributed by atoms with Crippen molar-refractivity contribution in [1.29, 1.82) is 0 Å². The second-order valence-electron chi connectivity index (χ2n) is 3.23. The summed E-state index contributed by atoms with van der Waals surface area (Å²) in [6.45, 7) is 6.96. The summed E-state index contributed by atoms with van der Waals surface area (Å²) in [4.78, 5) is 0. The highest BCUT2D eigenvalue weighted by Gasteiger charge is 2.16. The van der Waals surface area contributed by atoms with Crippen LogP contribution in [0.5, 0.6) is 0 Å². The van der Waals surface area contributed by atoms with Crippen LogP contribution in [0.4, 0.5) is 0 Å². The first-order valence-corrected chi connectivity index (χ1v) is 6.96. The molecule has 0 aliphatic heterocycles. The SMILES string of the molecule is CCN(CC)S(=O)(=O)NCCNCCOC. The van der Waals surface area contributed by atoms with Crippen molar-refractivity contribution >= 4 is 10.2 Å². The summed E-state index contributed by atoms with van der Waals surface area (Å²) in [6.07, 6.45) is 0. The van der Waals surface area contributed by atoms with Crippen LogP contribution in [-0.2, 0) is 14.9 Å². The Balaban J connectivity index is 3.74. The molecule has 0 radical (unpaired) electrons. The average Bonchev–Trinajstić information content (AvgIpc) is 2.24. The summed E-state index contributed by atoms with van der Waals surface area (Å²) in [5.41, 5.74) is 0. The van der Waals surface area contributed by atoms with Gasteiger partial charge in [0, 0.05) is 39.8 Å². The molecule has 0 atom stereocenters. The smallest absolute Gasteiger partial charge is 0.279 e. The van der Waals surface area contributed by atoms with Crippen LogP contribution in [0.3, 0.4) is 0 Å². The van der Waals surface area contributed by atoms with E-state index in [-0.39, 0.29) is 0 Å². The molecule has 0 aliphatic carbocycles. The van der Waals surface area contributed by atoms with Gasteiger partial charge < -0.3 is 10.1 Å².